The number of Topliss-reactive ketones (excluding diaryl/α,β-unsaturated/α-hetero) is 1. The van der Waals surface area contributed by atoms with E-state index in [1.54, 1.807) is 6.07 Å². The fraction of sp³-hybridized carbons (Fsp3) is 0.214. The van der Waals surface area contributed by atoms with Gasteiger partial charge < -0.3 is 0 Å². The van der Waals surface area contributed by atoms with Crippen molar-refractivity contribution in [2.24, 2.45) is 0 Å². The molecule has 7 heteroatoms. The average molecular weight is 357 g/mol. The second kappa shape index (κ2) is 6.91. The van der Waals surface area contributed by atoms with Crippen molar-refractivity contribution in [2.45, 2.75) is 29.9 Å². The zero-order chi connectivity index (χ0) is 15.6. The molecule has 0 saturated heterocycles. The van der Waals surface area contributed by atoms with E-state index in [-0.39, 0.29) is 16.0 Å². The lowest BCUT2D eigenvalue weighted by atomic mass is 10.3. The standard InChI is InChI=1S/C14H12O3S4/c1-7(15)10-4-5-11(20-10)12-6-13(18-8(2)16)14(21-12)19-9(3)17/h4-6H,1-3H3. The van der Waals surface area contributed by atoms with Crippen molar-refractivity contribution in [3.05, 3.63) is 23.1 Å². The van der Waals surface area contributed by atoms with Gasteiger partial charge >= 0.3 is 0 Å². The summed E-state index contributed by atoms with van der Waals surface area (Å²) in [7, 11) is 0. The zero-order valence-electron chi connectivity index (χ0n) is 11.6. The Hall–Kier alpha value is -0.890. The van der Waals surface area contributed by atoms with Crippen molar-refractivity contribution in [1.29, 1.82) is 0 Å². The molecule has 110 valence electrons. The van der Waals surface area contributed by atoms with E-state index < -0.39 is 0 Å². The van der Waals surface area contributed by atoms with E-state index in [1.807, 2.05) is 12.1 Å². The van der Waals surface area contributed by atoms with Crippen LogP contribution in [0.4, 0.5) is 0 Å². The summed E-state index contributed by atoms with van der Waals surface area (Å²) in [5.41, 5.74) is 0. The van der Waals surface area contributed by atoms with Gasteiger partial charge in [-0.3, -0.25) is 14.4 Å². The lowest BCUT2D eigenvalue weighted by Crippen LogP contribution is -1.83. The maximum absolute atomic E-state index is 11.4. The van der Waals surface area contributed by atoms with Crippen molar-refractivity contribution in [3.63, 3.8) is 0 Å². The highest BCUT2D eigenvalue weighted by Crippen LogP contribution is 2.44. The Balaban J connectivity index is 2.39. The van der Waals surface area contributed by atoms with Gasteiger partial charge in [-0.1, -0.05) is 11.8 Å². The quantitative estimate of drug-likeness (QED) is 0.573. The molecule has 2 heterocycles. The van der Waals surface area contributed by atoms with Crippen LogP contribution in [0.3, 0.4) is 0 Å². The minimum absolute atomic E-state index is 0.00981. The molecule has 21 heavy (non-hydrogen) atoms. The summed E-state index contributed by atoms with van der Waals surface area (Å²) in [5, 5.41) is -0.0234. The van der Waals surface area contributed by atoms with Crippen LogP contribution in [0.1, 0.15) is 30.4 Å². The summed E-state index contributed by atoms with van der Waals surface area (Å²) in [6.07, 6.45) is 0. The van der Waals surface area contributed by atoms with E-state index >= 15 is 0 Å². The number of hydrogen-bond donors (Lipinski definition) is 0. The third kappa shape index (κ3) is 4.29. The number of thiophene rings is 2. The normalized spacial score (nSPS) is 10.6. The Morgan fingerprint density at radius 3 is 2.10 bits per heavy atom. The molecule has 0 unspecified atom stereocenters. The molecule has 3 nitrogen and oxygen atoms in total. The van der Waals surface area contributed by atoms with Crippen LogP contribution in [0, 0.1) is 0 Å². The molecule has 2 rings (SSSR count). The van der Waals surface area contributed by atoms with Gasteiger partial charge in [0.05, 0.1) is 9.09 Å². The highest BCUT2D eigenvalue weighted by Gasteiger charge is 2.16. The molecule has 0 atom stereocenters. The molecular weight excluding hydrogens is 344 g/mol. The SMILES string of the molecule is CC(=O)Sc1cc(-c2ccc(C(C)=O)s2)sc1SC(C)=O. The van der Waals surface area contributed by atoms with Gasteiger partial charge in [-0.2, -0.15) is 0 Å². The zero-order valence-corrected chi connectivity index (χ0v) is 14.9. The summed E-state index contributed by atoms with van der Waals surface area (Å²) in [5.74, 6) is 0.0412. The van der Waals surface area contributed by atoms with Crippen molar-refractivity contribution in [1.82, 2.24) is 0 Å². The van der Waals surface area contributed by atoms with Gasteiger partial charge in [-0.05, 0) is 36.9 Å². The summed E-state index contributed by atoms with van der Waals surface area (Å²) in [6, 6.07) is 5.62. The minimum Gasteiger partial charge on any atom is -0.294 e. The largest absolute Gasteiger partial charge is 0.294 e. The molecule has 2 aromatic heterocycles. The van der Waals surface area contributed by atoms with Gasteiger partial charge in [0, 0.05) is 28.5 Å². The minimum atomic E-state index is -0.0136. The Morgan fingerprint density at radius 1 is 0.905 bits per heavy atom. The fourth-order valence-corrected chi connectivity index (χ4v) is 5.69. The number of rotatable bonds is 4. The van der Waals surface area contributed by atoms with Crippen LogP contribution in [-0.4, -0.2) is 16.0 Å². The molecule has 0 bridgehead atoms. The van der Waals surface area contributed by atoms with Crippen molar-refractivity contribution < 1.29 is 14.4 Å². The van der Waals surface area contributed by atoms with Gasteiger partial charge in [-0.15, -0.1) is 22.7 Å². The number of carbonyl (C=O) groups is 3. The van der Waals surface area contributed by atoms with Crippen molar-refractivity contribution >= 4 is 62.2 Å². The summed E-state index contributed by atoms with van der Waals surface area (Å²) in [6.45, 7) is 4.55. The van der Waals surface area contributed by atoms with Gasteiger partial charge in [0.25, 0.3) is 0 Å². The maximum Gasteiger partial charge on any atom is 0.191 e. The van der Waals surface area contributed by atoms with Crippen molar-refractivity contribution in [3.8, 4) is 9.75 Å². The van der Waals surface area contributed by atoms with Crippen LogP contribution in [0.25, 0.3) is 9.75 Å². The Labute approximate surface area is 139 Å². The maximum atomic E-state index is 11.4. The van der Waals surface area contributed by atoms with E-state index in [9.17, 15) is 14.4 Å². The molecule has 0 spiro atoms. The Kier molecular flexibility index (Phi) is 5.43. The van der Waals surface area contributed by atoms with Gasteiger partial charge in [0.15, 0.2) is 16.0 Å². The molecular formula is C14H12O3S4. The van der Waals surface area contributed by atoms with E-state index in [4.69, 9.17) is 0 Å². The van der Waals surface area contributed by atoms with Crippen molar-refractivity contribution in [2.75, 3.05) is 0 Å². The monoisotopic (exact) mass is 356 g/mol. The number of ketones is 1. The number of carbonyl (C=O) groups excluding carboxylic acids is 3. The highest BCUT2D eigenvalue weighted by atomic mass is 32.2. The first kappa shape index (κ1) is 16.5. The Morgan fingerprint density at radius 2 is 1.57 bits per heavy atom. The molecule has 2 aromatic rings. The van der Waals surface area contributed by atoms with E-state index in [2.05, 4.69) is 0 Å². The predicted octanol–water partition coefficient (Wildman–Crippen LogP) is 4.96. The fourth-order valence-electron chi connectivity index (χ4n) is 1.57. The van der Waals surface area contributed by atoms with Crippen LogP contribution in [0.2, 0.25) is 0 Å². The van der Waals surface area contributed by atoms with Crippen LogP contribution >= 0.6 is 46.2 Å². The average Bonchev–Trinajstić information content (AvgIpc) is 2.95. The van der Waals surface area contributed by atoms with E-state index in [1.165, 1.54) is 43.4 Å². The number of hydrogen-bond acceptors (Lipinski definition) is 7. The van der Waals surface area contributed by atoms with E-state index in [0.717, 1.165) is 42.4 Å². The first-order chi connectivity index (χ1) is 9.86. The van der Waals surface area contributed by atoms with Gasteiger partial charge in [-0.25, -0.2) is 0 Å². The third-order valence-electron chi connectivity index (χ3n) is 2.35. The van der Waals surface area contributed by atoms with E-state index in [0.29, 0.717) is 4.88 Å². The first-order valence-electron chi connectivity index (χ1n) is 5.98. The molecule has 0 N–H and O–H groups in total. The van der Waals surface area contributed by atoms with Crippen LogP contribution in [0.5, 0.6) is 0 Å². The van der Waals surface area contributed by atoms with Gasteiger partial charge in [0.1, 0.15) is 0 Å². The molecule has 0 aliphatic heterocycles. The summed E-state index contributed by atoms with van der Waals surface area (Å²) < 4.78 is 0.829. The second-order valence-electron chi connectivity index (χ2n) is 4.17. The molecule has 0 amide bonds. The lowest BCUT2D eigenvalue weighted by Gasteiger charge is -1.96. The lowest BCUT2D eigenvalue weighted by molar-refractivity contribution is -0.110. The molecule has 0 aliphatic carbocycles. The van der Waals surface area contributed by atoms with Gasteiger partial charge in [0.2, 0.25) is 0 Å². The predicted molar refractivity (Wildman–Crippen MR) is 90.7 cm³/mol. The molecule has 0 fully saturated rings. The topological polar surface area (TPSA) is 51.2 Å². The van der Waals surface area contributed by atoms with Crippen LogP contribution < -0.4 is 0 Å². The molecule has 0 radical (unpaired) electrons. The first-order valence-corrected chi connectivity index (χ1v) is 9.25. The smallest absolute Gasteiger partial charge is 0.191 e. The summed E-state index contributed by atoms with van der Waals surface area (Å²) in [4.78, 5) is 37.5. The molecule has 0 aromatic carbocycles. The van der Waals surface area contributed by atoms with Crippen LogP contribution in [-0.2, 0) is 9.59 Å². The highest BCUT2D eigenvalue weighted by molar-refractivity contribution is 8.17. The number of thioether (sulfide) groups is 2. The third-order valence-corrected chi connectivity index (χ3v) is 6.94. The van der Waals surface area contributed by atoms with Crippen LogP contribution in [0.15, 0.2) is 27.3 Å². The molecule has 0 aliphatic rings. The molecule has 0 saturated carbocycles. The second-order valence-corrected chi connectivity index (χ2v) is 8.97. The summed E-state index contributed by atoms with van der Waals surface area (Å²) >= 11 is 5.17. The Bertz CT molecular complexity index is 678.